The molecule has 1 unspecified atom stereocenters. The smallest absolute Gasteiger partial charge is 0.243 e. The molecule has 0 saturated heterocycles. The molecule has 81 heavy (non-hydrogen) atoms. The van der Waals surface area contributed by atoms with Crippen molar-refractivity contribution in [2.75, 3.05) is 20.9 Å². The van der Waals surface area contributed by atoms with Gasteiger partial charge in [-0.15, -0.1) is 34.0 Å². The third kappa shape index (κ3) is 9.71. The minimum atomic E-state index is -4.70. The molecule has 0 amide bonds. The second kappa shape index (κ2) is 21.6. The second-order valence-corrected chi connectivity index (χ2v) is 25.8. The summed E-state index contributed by atoms with van der Waals surface area (Å²) < 4.78 is 68.9. The molecule has 404 valence electrons. The highest BCUT2D eigenvalue weighted by Crippen LogP contribution is 2.41. The van der Waals surface area contributed by atoms with Crippen LogP contribution in [0.5, 0.6) is 0 Å². The van der Waals surface area contributed by atoms with Crippen LogP contribution in [0.4, 0.5) is 17.1 Å². The van der Waals surface area contributed by atoms with Crippen LogP contribution in [0.15, 0.2) is 181 Å². The molecule has 0 radical (unpaired) electrons. The van der Waals surface area contributed by atoms with Gasteiger partial charge in [0.25, 0.3) is 0 Å². The van der Waals surface area contributed by atoms with Gasteiger partial charge >= 0.3 is 0 Å². The number of ketones is 3. The summed E-state index contributed by atoms with van der Waals surface area (Å²) in [5.41, 5.74) is 5.14. The predicted octanol–water partition coefficient (Wildman–Crippen LogP) is 11.2. The molecule has 0 N–H and O–H groups in total. The van der Waals surface area contributed by atoms with Crippen molar-refractivity contribution in [3.63, 3.8) is 0 Å². The van der Waals surface area contributed by atoms with Crippen LogP contribution in [0, 0.1) is 0 Å². The Balaban J connectivity index is 0.979. The Kier molecular flexibility index (Phi) is 14.1. The van der Waals surface area contributed by atoms with Gasteiger partial charge in [-0.1, -0.05) is 74.0 Å². The van der Waals surface area contributed by atoms with E-state index >= 15 is 8.42 Å². The summed E-state index contributed by atoms with van der Waals surface area (Å²) in [6.07, 6.45) is 9.88. The average Bonchev–Trinajstić information content (AvgIpc) is 4.41. The summed E-state index contributed by atoms with van der Waals surface area (Å²) in [6, 6.07) is 36.1. The van der Waals surface area contributed by atoms with E-state index in [2.05, 4.69) is 30.2 Å². The first-order chi connectivity index (χ1) is 39.3. The summed E-state index contributed by atoms with van der Waals surface area (Å²) >= 11 is 3.90. The fraction of sp³-hybridized carbons (Fsp3) is 0.121. The van der Waals surface area contributed by atoms with E-state index in [0.29, 0.717) is 83.7 Å². The molecule has 0 aliphatic rings. The Bertz CT molecular complexity index is 4590. The first kappa shape index (κ1) is 52.8. The minimum Gasteiger partial charge on any atom is -0.287 e. The van der Waals surface area contributed by atoms with Crippen LogP contribution in [0.1, 0.15) is 72.4 Å². The van der Waals surface area contributed by atoms with Gasteiger partial charge < -0.3 is 0 Å². The average molecular weight is 1170 g/mol. The monoisotopic (exact) mass is 1170 g/mol. The lowest BCUT2D eigenvalue weighted by atomic mass is 10.1. The molecule has 23 heteroatoms. The van der Waals surface area contributed by atoms with E-state index in [9.17, 15) is 22.8 Å². The second-order valence-electron chi connectivity index (χ2n) is 18.7. The molecular formula is C58H45N11O7S5. The fourth-order valence-corrected chi connectivity index (χ4v) is 15.1. The highest BCUT2D eigenvalue weighted by atomic mass is 32.2. The maximum Gasteiger partial charge on any atom is 0.243 e. The lowest BCUT2D eigenvalue weighted by Crippen LogP contribution is -2.44. The molecule has 9 aromatic heterocycles. The number of aromatic nitrogens is 9. The van der Waals surface area contributed by atoms with Gasteiger partial charge in [0.15, 0.2) is 16.9 Å². The standard InChI is InChI=1S/C58H45N11O7S5/c1-3-4-30-80(73,74)65(40-14-7-12-38(31-40)46-21-24-59-56-43(33-62-66(46)56)53(70)50-18-9-27-77-50)36-37(2)81(75,76)69(41-15-8-13-39(32-41)47-22-25-60-57-44(34-63-67(47)57)54(71)51-19-10-28-78-51)49-17-6-5-16-42(49)48-23-26-61-58-45(35-64-68(48)58)55(72)52-20-11-29-79-52/h5-29,31-35,37H,3-4,30,36H2,1-2H3. The van der Waals surface area contributed by atoms with Gasteiger partial charge in [0.1, 0.15) is 0 Å². The first-order valence-corrected chi connectivity index (χ1v) is 31.1. The van der Waals surface area contributed by atoms with E-state index < -0.39 is 31.8 Å². The Morgan fingerprint density at radius 2 is 1.00 bits per heavy atom. The van der Waals surface area contributed by atoms with Gasteiger partial charge in [0.05, 0.1) is 102 Å². The summed E-state index contributed by atoms with van der Waals surface area (Å²) in [7, 11) is -8.92. The van der Waals surface area contributed by atoms with Crippen molar-refractivity contribution in [2.45, 2.75) is 31.9 Å². The van der Waals surface area contributed by atoms with Crippen LogP contribution >= 0.6 is 34.0 Å². The lowest BCUT2D eigenvalue weighted by Gasteiger charge is -2.33. The summed E-state index contributed by atoms with van der Waals surface area (Å²) in [5, 5.41) is 17.8. The number of carbonyl (C=O) groups excluding carboxylic acids is 3. The third-order valence-corrected chi connectivity index (χ3v) is 20.2. The van der Waals surface area contributed by atoms with Gasteiger partial charge in [-0.25, -0.2) is 49.6 Å². The Morgan fingerprint density at radius 3 is 1.48 bits per heavy atom. The number of thiophene rings is 3. The Hall–Kier alpha value is -8.87. The highest BCUT2D eigenvalue weighted by molar-refractivity contribution is 7.94. The SMILES string of the molecule is CCCCS(=O)(=O)N(CC(C)S(=O)(=O)N(c1cccc(-c2ccnc3c(C(=O)c4cccs4)cnn23)c1)c1ccccc1-c1ccnc2c(C(=O)c3cccs3)cnn12)c1cccc(-c2ccnc3c(C(=O)c4cccs4)cnn23)c1. The van der Waals surface area contributed by atoms with Crippen molar-refractivity contribution in [1.29, 1.82) is 0 Å². The zero-order chi connectivity index (χ0) is 56.0. The van der Waals surface area contributed by atoms with Gasteiger partial charge in [0, 0.05) is 35.3 Å². The van der Waals surface area contributed by atoms with Gasteiger partial charge in [-0.05, 0) is 96.2 Å². The topological polar surface area (TPSA) is 217 Å². The van der Waals surface area contributed by atoms with Gasteiger partial charge in [-0.3, -0.25) is 18.7 Å². The molecule has 0 fully saturated rings. The minimum absolute atomic E-state index is 0.179. The van der Waals surface area contributed by atoms with E-state index in [-0.39, 0.29) is 51.4 Å². The normalized spacial score (nSPS) is 12.3. The zero-order valence-electron chi connectivity index (χ0n) is 43.0. The Morgan fingerprint density at radius 1 is 0.543 bits per heavy atom. The van der Waals surface area contributed by atoms with Crippen LogP contribution in [0.25, 0.3) is 50.7 Å². The van der Waals surface area contributed by atoms with Crippen molar-refractivity contribution in [2.24, 2.45) is 0 Å². The molecular weight excluding hydrogens is 1120 g/mol. The van der Waals surface area contributed by atoms with Crippen molar-refractivity contribution < 1.29 is 31.2 Å². The number of anilines is 3. The fourth-order valence-electron chi connectivity index (χ4n) is 9.64. The predicted molar refractivity (Wildman–Crippen MR) is 315 cm³/mol. The molecule has 3 aromatic carbocycles. The number of hydrogen-bond acceptors (Lipinski definition) is 16. The molecule has 18 nitrogen and oxygen atoms in total. The quantitative estimate of drug-likeness (QED) is 0.0650. The number of para-hydroxylation sites is 1. The molecule has 0 saturated carbocycles. The van der Waals surface area contributed by atoms with E-state index in [1.165, 1.54) is 83.6 Å². The van der Waals surface area contributed by atoms with Gasteiger partial charge in [-0.2, -0.15) is 15.3 Å². The van der Waals surface area contributed by atoms with Crippen molar-refractivity contribution in [1.82, 2.24) is 43.8 Å². The molecule has 0 bridgehead atoms. The van der Waals surface area contributed by atoms with Crippen LogP contribution in [-0.2, 0) is 20.0 Å². The number of fused-ring (bicyclic) bond motifs is 3. The van der Waals surface area contributed by atoms with Crippen LogP contribution < -0.4 is 8.61 Å². The molecule has 12 aromatic rings. The van der Waals surface area contributed by atoms with Crippen molar-refractivity contribution in [3.05, 3.63) is 212 Å². The molecule has 12 rings (SSSR count). The number of unbranched alkanes of at least 4 members (excludes halogenated alkanes) is 1. The maximum absolute atomic E-state index is 16.2. The van der Waals surface area contributed by atoms with E-state index in [0.717, 1.165) is 4.31 Å². The largest absolute Gasteiger partial charge is 0.287 e. The van der Waals surface area contributed by atoms with Crippen LogP contribution in [-0.4, -0.2) is 95.5 Å². The number of carbonyl (C=O) groups is 3. The number of benzene rings is 3. The van der Waals surface area contributed by atoms with E-state index in [1.54, 1.807) is 140 Å². The first-order valence-electron chi connectivity index (χ1n) is 25.4. The zero-order valence-corrected chi connectivity index (χ0v) is 47.1. The maximum atomic E-state index is 16.2. The van der Waals surface area contributed by atoms with E-state index in [4.69, 9.17) is 0 Å². The van der Waals surface area contributed by atoms with Gasteiger partial charge in [0.2, 0.25) is 37.4 Å². The van der Waals surface area contributed by atoms with Crippen LogP contribution in [0.3, 0.4) is 0 Å². The lowest BCUT2D eigenvalue weighted by molar-refractivity contribution is 0.103. The molecule has 0 spiro atoms. The summed E-state index contributed by atoms with van der Waals surface area (Å²) in [6.45, 7) is 2.84. The highest BCUT2D eigenvalue weighted by Gasteiger charge is 2.37. The number of rotatable bonds is 20. The molecule has 1 atom stereocenters. The third-order valence-electron chi connectivity index (χ3n) is 13.7. The Labute approximate surface area is 476 Å². The number of nitrogens with zero attached hydrogens (tertiary/aromatic N) is 11. The van der Waals surface area contributed by atoms with Crippen LogP contribution in [0.2, 0.25) is 0 Å². The number of sulfonamides is 2. The molecule has 0 aliphatic carbocycles. The van der Waals surface area contributed by atoms with Crippen molar-refractivity contribution in [3.8, 4) is 33.8 Å². The molecule has 9 heterocycles. The van der Waals surface area contributed by atoms with Crippen molar-refractivity contribution >= 4 is 105 Å². The summed E-state index contributed by atoms with van der Waals surface area (Å²) in [5.74, 6) is -1.02. The van der Waals surface area contributed by atoms with E-state index in [1.807, 2.05) is 23.1 Å². The molecule has 0 aliphatic heterocycles. The number of hydrogen-bond donors (Lipinski definition) is 0. The summed E-state index contributed by atoms with van der Waals surface area (Å²) in [4.78, 5) is 56.1.